The summed E-state index contributed by atoms with van der Waals surface area (Å²) >= 11 is 1.72. The number of para-hydroxylation sites is 1. The summed E-state index contributed by atoms with van der Waals surface area (Å²) < 4.78 is 5.60. The van der Waals surface area contributed by atoms with E-state index >= 15 is 0 Å². The number of nitrogens with zero attached hydrogens (tertiary/aromatic N) is 1. The van der Waals surface area contributed by atoms with Crippen molar-refractivity contribution in [2.75, 3.05) is 0 Å². The van der Waals surface area contributed by atoms with Crippen molar-refractivity contribution >= 4 is 22.3 Å². The van der Waals surface area contributed by atoms with Crippen molar-refractivity contribution in [3.63, 3.8) is 0 Å². The van der Waals surface area contributed by atoms with Crippen LogP contribution in [-0.4, -0.2) is 4.98 Å². The molecule has 0 amide bonds. The summed E-state index contributed by atoms with van der Waals surface area (Å²) in [4.78, 5) is 6.03. The summed E-state index contributed by atoms with van der Waals surface area (Å²) in [5, 5.41) is 2.16. The van der Waals surface area contributed by atoms with Gasteiger partial charge in [-0.2, -0.15) is 0 Å². The van der Waals surface area contributed by atoms with Gasteiger partial charge in [-0.1, -0.05) is 18.2 Å². The largest absolute Gasteiger partial charge is 0.464 e. The molecule has 1 aromatic carbocycles. The molecule has 1 atom stereocenters. The lowest BCUT2D eigenvalue weighted by Gasteiger charge is -2.15. The first-order chi connectivity index (χ1) is 9.33. The molecule has 1 aliphatic carbocycles. The molecule has 1 unspecified atom stereocenters. The number of hydrogen-bond donors (Lipinski definition) is 1. The second kappa shape index (κ2) is 4.18. The van der Waals surface area contributed by atoms with Crippen molar-refractivity contribution in [1.82, 2.24) is 4.98 Å². The smallest absolute Gasteiger partial charge is 0.134 e. The number of hydrogen-bond acceptors (Lipinski definition) is 4. The Hall–Kier alpha value is -1.65. The zero-order chi connectivity index (χ0) is 12.8. The van der Waals surface area contributed by atoms with Crippen LogP contribution in [-0.2, 0) is 6.42 Å². The average molecular weight is 270 g/mol. The van der Waals surface area contributed by atoms with E-state index in [0.29, 0.717) is 0 Å². The average Bonchev–Trinajstić information content (AvgIpc) is 3.02. The molecule has 2 aromatic heterocycles. The lowest BCUT2D eigenvalue weighted by atomic mass is 9.99. The number of aryl methyl sites for hydroxylation is 1. The maximum atomic E-state index is 6.17. The van der Waals surface area contributed by atoms with Gasteiger partial charge in [0, 0.05) is 16.3 Å². The van der Waals surface area contributed by atoms with Crippen LogP contribution in [0.5, 0.6) is 0 Å². The van der Waals surface area contributed by atoms with E-state index in [0.717, 1.165) is 40.8 Å². The first-order valence-electron chi connectivity index (χ1n) is 6.55. The van der Waals surface area contributed by atoms with Gasteiger partial charge in [0.15, 0.2) is 0 Å². The molecule has 4 heteroatoms. The Morgan fingerprint density at radius 1 is 1.32 bits per heavy atom. The van der Waals surface area contributed by atoms with Crippen molar-refractivity contribution in [2.24, 2.45) is 5.73 Å². The molecular formula is C15H14N2OS. The highest BCUT2D eigenvalue weighted by atomic mass is 32.1. The minimum Gasteiger partial charge on any atom is -0.464 e. The van der Waals surface area contributed by atoms with Gasteiger partial charge in [-0.25, -0.2) is 4.98 Å². The summed E-state index contributed by atoms with van der Waals surface area (Å²) in [6.45, 7) is 0. The molecule has 0 saturated heterocycles. The van der Waals surface area contributed by atoms with Gasteiger partial charge in [-0.3, -0.25) is 0 Å². The Labute approximate surface area is 115 Å². The number of rotatable bonds is 1. The maximum absolute atomic E-state index is 6.17. The first-order valence-corrected chi connectivity index (χ1v) is 7.36. The lowest BCUT2D eigenvalue weighted by molar-refractivity contribution is 0.573. The van der Waals surface area contributed by atoms with Crippen molar-refractivity contribution in [3.05, 3.63) is 41.1 Å². The van der Waals surface area contributed by atoms with Crippen molar-refractivity contribution in [2.45, 2.75) is 25.3 Å². The van der Waals surface area contributed by atoms with Crippen molar-refractivity contribution in [3.8, 4) is 10.6 Å². The Balaban J connectivity index is 1.89. The van der Waals surface area contributed by atoms with E-state index in [1.807, 2.05) is 18.2 Å². The minimum atomic E-state index is 0.160. The monoisotopic (exact) mass is 270 g/mol. The fourth-order valence-electron chi connectivity index (χ4n) is 2.71. The lowest BCUT2D eigenvalue weighted by Crippen LogP contribution is -2.15. The third-order valence-corrected chi connectivity index (χ3v) is 4.97. The molecule has 0 aliphatic heterocycles. The highest BCUT2D eigenvalue weighted by molar-refractivity contribution is 7.15. The first kappa shape index (κ1) is 11.2. The number of thiazole rings is 1. The number of aromatic nitrogens is 1. The fraction of sp³-hybridized carbons (Fsp3) is 0.267. The van der Waals surface area contributed by atoms with Gasteiger partial charge >= 0.3 is 0 Å². The number of furan rings is 1. The van der Waals surface area contributed by atoms with Gasteiger partial charge in [0.25, 0.3) is 0 Å². The van der Waals surface area contributed by atoms with Crippen LogP contribution in [0.3, 0.4) is 0 Å². The van der Waals surface area contributed by atoms with Crippen molar-refractivity contribution in [1.29, 1.82) is 0 Å². The molecule has 3 nitrogen and oxygen atoms in total. The molecular weight excluding hydrogens is 256 g/mol. The third-order valence-electron chi connectivity index (χ3n) is 3.70. The molecule has 0 spiro atoms. The number of benzene rings is 1. The zero-order valence-corrected chi connectivity index (χ0v) is 11.2. The molecule has 0 fully saturated rings. The minimum absolute atomic E-state index is 0.160. The summed E-state index contributed by atoms with van der Waals surface area (Å²) in [7, 11) is 0. The summed E-state index contributed by atoms with van der Waals surface area (Å²) in [5.41, 5.74) is 9.35. The molecule has 96 valence electrons. The van der Waals surface area contributed by atoms with Crippen LogP contribution in [0.4, 0.5) is 0 Å². The second-order valence-corrected chi connectivity index (χ2v) is 6.00. The summed E-state index contributed by atoms with van der Waals surface area (Å²) in [6, 6.07) is 8.24. The zero-order valence-electron chi connectivity index (χ0n) is 10.4. The van der Waals surface area contributed by atoms with Crippen LogP contribution in [0.15, 0.2) is 34.9 Å². The number of fused-ring (bicyclic) bond motifs is 2. The van der Waals surface area contributed by atoms with Gasteiger partial charge in [-0.05, 0) is 25.3 Å². The quantitative estimate of drug-likeness (QED) is 0.729. The van der Waals surface area contributed by atoms with Crippen molar-refractivity contribution < 1.29 is 4.42 Å². The van der Waals surface area contributed by atoms with Crippen LogP contribution < -0.4 is 5.73 Å². The van der Waals surface area contributed by atoms with E-state index in [4.69, 9.17) is 15.1 Å². The molecule has 3 aromatic rings. The SMILES string of the molecule is NC1CCCc2nc(-c3coc4ccccc34)sc21. The predicted molar refractivity (Wildman–Crippen MR) is 77.2 cm³/mol. The van der Waals surface area contributed by atoms with E-state index in [9.17, 15) is 0 Å². The highest BCUT2D eigenvalue weighted by Crippen LogP contribution is 2.39. The molecule has 0 bridgehead atoms. The third kappa shape index (κ3) is 1.71. The van der Waals surface area contributed by atoms with Gasteiger partial charge in [0.05, 0.1) is 11.3 Å². The van der Waals surface area contributed by atoms with Gasteiger partial charge < -0.3 is 10.2 Å². The Kier molecular flexibility index (Phi) is 2.47. The van der Waals surface area contributed by atoms with E-state index in [1.54, 1.807) is 17.6 Å². The van der Waals surface area contributed by atoms with E-state index < -0.39 is 0 Å². The van der Waals surface area contributed by atoms with Gasteiger partial charge in [0.1, 0.15) is 16.9 Å². The Bertz CT molecular complexity index is 744. The summed E-state index contributed by atoms with van der Waals surface area (Å²) in [5.74, 6) is 0. The van der Waals surface area contributed by atoms with E-state index in [-0.39, 0.29) is 6.04 Å². The van der Waals surface area contributed by atoms with E-state index in [1.165, 1.54) is 10.6 Å². The van der Waals surface area contributed by atoms with Gasteiger partial charge in [0.2, 0.25) is 0 Å². The van der Waals surface area contributed by atoms with E-state index in [2.05, 4.69) is 6.07 Å². The Morgan fingerprint density at radius 2 is 2.21 bits per heavy atom. The van der Waals surface area contributed by atoms with Crippen LogP contribution >= 0.6 is 11.3 Å². The van der Waals surface area contributed by atoms with Crippen LogP contribution in [0.2, 0.25) is 0 Å². The highest BCUT2D eigenvalue weighted by Gasteiger charge is 2.23. The molecule has 2 heterocycles. The predicted octanol–water partition coefficient (Wildman–Crippen LogP) is 3.89. The van der Waals surface area contributed by atoms with Gasteiger partial charge in [-0.15, -0.1) is 11.3 Å². The molecule has 2 N–H and O–H groups in total. The number of nitrogens with two attached hydrogens (primary N) is 1. The topological polar surface area (TPSA) is 52.0 Å². The maximum Gasteiger partial charge on any atom is 0.134 e. The molecule has 4 rings (SSSR count). The van der Waals surface area contributed by atoms with Crippen LogP contribution in [0.25, 0.3) is 21.5 Å². The normalized spacial score (nSPS) is 18.7. The standard InChI is InChI=1S/C15H14N2OS/c16-11-5-3-6-12-14(11)19-15(17-12)10-8-18-13-7-2-1-4-9(10)13/h1-2,4,7-8,11H,3,5-6,16H2. The second-order valence-electron chi connectivity index (χ2n) is 4.97. The molecule has 1 aliphatic rings. The fourth-order valence-corrected chi connectivity index (χ4v) is 3.88. The molecule has 0 saturated carbocycles. The molecule has 0 radical (unpaired) electrons. The molecule has 19 heavy (non-hydrogen) atoms. The van der Waals surface area contributed by atoms with Crippen LogP contribution in [0.1, 0.15) is 29.5 Å². The van der Waals surface area contributed by atoms with Crippen LogP contribution in [0, 0.1) is 0 Å². The Morgan fingerprint density at radius 3 is 3.11 bits per heavy atom. The summed E-state index contributed by atoms with van der Waals surface area (Å²) in [6.07, 6.45) is 5.07.